The van der Waals surface area contributed by atoms with Gasteiger partial charge >= 0.3 is 0 Å². The van der Waals surface area contributed by atoms with Crippen LogP contribution in [-0.2, 0) is 6.42 Å². The second-order valence-corrected chi connectivity index (χ2v) is 7.60. The SMILES string of the molecule is Nc1n[nH]c2cc(Nc3nc4cccc(CC5CCC(O)CC5)n4n3)ccc12. The van der Waals surface area contributed by atoms with Gasteiger partial charge in [0.05, 0.1) is 11.6 Å². The first-order valence-electron chi connectivity index (χ1n) is 9.69. The summed E-state index contributed by atoms with van der Waals surface area (Å²) in [5, 5.41) is 25.5. The van der Waals surface area contributed by atoms with E-state index in [-0.39, 0.29) is 6.10 Å². The fourth-order valence-electron chi connectivity index (χ4n) is 4.06. The highest BCUT2D eigenvalue weighted by atomic mass is 16.3. The molecule has 0 unspecified atom stereocenters. The molecular weight excluding hydrogens is 354 g/mol. The minimum Gasteiger partial charge on any atom is -0.393 e. The number of nitrogens with two attached hydrogens (primary N) is 1. The van der Waals surface area contributed by atoms with Crippen LogP contribution in [-0.4, -0.2) is 36.0 Å². The molecule has 0 atom stereocenters. The minimum absolute atomic E-state index is 0.128. The molecule has 5 N–H and O–H groups in total. The molecule has 1 aromatic carbocycles. The Morgan fingerprint density at radius 2 is 2.04 bits per heavy atom. The summed E-state index contributed by atoms with van der Waals surface area (Å²) < 4.78 is 1.92. The molecule has 0 bridgehead atoms. The van der Waals surface area contributed by atoms with Crippen LogP contribution < -0.4 is 11.1 Å². The van der Waals surface area contributed by atoms with Gasteiger partial charge in [-0.2, -0.15) is 10.1 Å². The monoisotopic (exact) mass is 377 g/mol. The molecule has 5 rings (SSSR count). The molecule has 8 nitrogen and oxygen atoms in total. The van der Waals surface area contributed by atoms with Crippen LogP contribution in [0.1, 0.15) is 31.4 Å². The van der Waals surface area contributed by atoms with E-state index in [0.717, 1.165) is 60.0 Å². The fourth-order valence-corrected chi connectivity index (χ4v) is 4.06. The van der Waals surface area contributed by atoms with Crippen molar-refractivity contribution in [2.45, 2.75) is 38.2 Å². The molecule has 28 heavy (non-hydrogen) atoms. The van der Waals surface area contributed by atoms with Gasteiger partial charge in [0.15, 0.2) is 11.5 Å². The number of aromatic amines is 1. The summed E-state index contributed by atoms with van der Waals surface area (Å²) in [7, 11) is 0. The molecule has 1 saturated carbocycles. The second kappa shape index (κ2) is 6.79. The van der Waals surface area contributed by atoms with Crippen molar-refractivity contribution in [2.75, 3.05) is 11.1 Å². The highest BCUT2D eigenvalue weighted by Crippen LogP contribution is 2.28. The van der Waals surface area contributed by atoms with Gasteiger partial charge < -0.3 is 16.2 Å². The molecule has 0 spiro atoms. The second-order valence-electron chi connectivity index (χ2n) is 7.60. The summed E-state index contributed by atoms with van der Waals surface area (Å²) in [6, 6.07) is 11.9. The van der Waals surface area contributed by atoms with E-state index in [2.05, 4.69) is 31.7 Å². The quantitative estimate of drug-likeness (QED) is 0.434. The molecular formula is C20H23N7O. The fraction of sp³-hybridized carbons (Fsp3) is 0.350. The van der Waals surface area contributed by atoms with Gasteiger partial charge in [0.1, 0.15) is 0 Å². The summed E-state index contributed by atoms with van der Waals surface area (Å²) >= 11 is 0. The zero-order valence-electron chi connectivity index (χ0n) is 15.5. The number of nitrogens with one attached hydrogen (secondary N) is 2. The lowest BCUT2D eigenvalue weighted by molar-refractivity contribution is 0.108. The van der Waals surface area contributed by atoms with Crippen molar-refractivity contribution < 1.29 is 5.11 Å². The Morgan fingerprint density at radius 3 is 2.89 bits per heavy atom. The van der Waals surface area contributed by atoms with E-state index in [4.69, 9.17) is 5.73 Å². The minimum atomic E-state index is -0.128. The van der Waals surface area contributed by atoms with E-state index < -0.39 is 0 Å². The normalized spacial score (nSPS) is 20.0. The lowest BCUT2D eigenvalue weighted by Crippen LogP contribution is -2.20. The Bertz CT molecular complexity index is 1120. The first-order valence-corrected chi connectivity index (χ1v) is 9.69. The van der Waals surface area contributed by atoms with E-state index in [9.17, 15) is 5.11 Å². The Balaban J connectivity index is 1.39. The molecule has 8 heteroatoms. The van der Waals surface area contributed by atoms with Gasteiger partial charge in [0.25, 0.3) is 0 Å². The average Bonchev–Trinajstić information content (AvgIpc) is 3.27. The van der Waals surface area contributed by atoms with E-state index in [0.29, 0.717) is 17.7 Å². The van der Waals surface area contributed by atoms with Gasteiger partial charge in [-0.3, -0.25) is 5.10 Å². The first-order chi connectivity index (χ1) is 13.7. The van der Waals surface area contributed by atoms with Gasteiger partial charge in [-0.25, -0.2) is 4.52 Å². The average molecular weight is 377 g/mol. The van der Waals surface area contributed by atoms with Crippen LogP contribution >= 0.6 is 0 Å². The smallest absolute Gasteiger partial charge is 0.247 e. The Kier molecular flexibility index (Phi) is 4.12. The van der Waals surface area contributed by atoms with Crippen LogP contribution in [0.5, 0.6) is 0 Å². The maximum Gasteiger partial charge on any atom is 0.247 e. The Morgan fingerprint density at radius 1 is 1.18 bits per heavy atom. The van der Waals surface area contributed by atoms with Crippen molar-refractivity contribution in [1.29, 1.82) is 0 Å². The van der Waals surface area contributed by atoms with Gasteiger partial charge in [-0.1, -0.05) is 6.07 Å². The van der Waals surface area contributed by atoms with E-state index >= 15 is 0 Å². The van der Waals surface area contributed by atoms with Crippen molar-refractivity contribution in [3.63, 3.8) is 0 Å². The van der Waals surface area contributed by atoms with Crippen molar-refractivity contribution in [2.24, 2.45) is 5.92 Å². The molecule has 0 radical (unpaired) electrons. The number of fused-ring (bicyclic) bond motifs is 2. The summed E-state index contributed by atoms with van der Waals surface area (Å²) in [4.78, 5) is 4.61. The van der Waals surface area contributed by atoms with Crippen LogP contribution in [0.25, 0.3) is 16.6 Å². The molecule has 144 valence electrons. The molecule has 0 aliphatic heterocycles. The molecule has 1 aliphatic rings. The highest BCUT2D eigenvalue weighted by Gasteiger charge is 2.21. The lowest BCUT2D eigenvalue weighted by atomic mass is 9.84. The van der Waals surface area contributed by atoms with E-state index in [1.54, 1.807) is 0 Å². The van der Waals surface area contributed by atoms with Crippen LogP contribution in [0.4, 0.5) is 17.5 Å². The number of aromatic nitrogens is 5. The van der Waals surface area contributed by atoms with Crippen LogP contribution in [0, 0.1) is 5.92 Å². The maximum atomic E-state index is 9.73. The number of rotatable bonds is 4. The number of nitrogens with zero attached hydrogens (tertiary/aromatic N) is 4. The third-order valence-electron chi connectivity index (χ3n) is 5.60. The number of hydrogen-bond acceptors (Lipinski definition) is 6. The summed E-state index contributed by atoms with van der Waals surface area (Å²) in [5.74, 6) is 1.63. The summed E-state index contributed by atoms with van der Waals surface area (Å²) in [5.41, 5.74) is 9.53. The standard InChI is InChI=1S/C20H23N7O/c21-19-16-9-6-13(11-17(16)24-25-19)22-20-23-18-3-1-2-14(27(18)26-20)10-12-4-7-15(28)8-5-12/h1-3,6,9,11-12,15,28H,4-5,7-8,10H2,(H,22,26)(H3,21,24,25). The van der Waals surface area contributed by atoms with Gasteiger partial charge in [0.2, 0.25) is 5.95 Å². The summed E-state index contributed by atoms with van der Waals surface area (Å²) in [6.45, 7) is 0. The third kappa shape index (κ3) is 3.16. The maximum absolute atomic E-state index is 9.73. The van der Waals surface area contributed by atoms with Crippen molar-refractivity contribution in [1.82, 2.24) is 24.8 Å². The zero-order valence-corrected chi connectivity index (χ0v) is 15.5. The molecule has 3 aromatic heterocycles. The number of nitrogen functional groups attached to an aromatic ring is 1. The number of pyridine rings is 1. The topological polar surface area (TPSA) is 117 Å². The predicted molar refractivity (Wildman–Crippen MR) is 108 cm³/mol. The number of anilines is 3. The van der Waals surface area contributed by atoms with Crippen molar-refractivity contribution in [3.05, 3.63) is 42.1 Å². The first kappa shape index (κ1) is 17.0. The molecule has 4 aromatic rings. The number of hydrogen-bond donors (Lipinski definition) is 4. The van der Waals surface area contributed by atoms with Crippen LogP contribution in [0.15, 0.2) is 36.4 Å². The van der Waals surface area contributed by atoms with Crippen molar-refractivity contribution in [3.8, 4) is 0 Å². The van der Waals surface area contributed by atoms with Gasteiger partial charge in [-0.05, 0) is 68.4 Å². The lowest BCUT2D eigenvalue weighted by Gasteiger charge is -2.25. The molecule has 1 aliphatic carbocycles. The predicted octanol–water partition coefficient (Wildman–Crippen LogP) is 3.03. The zero-order chi connectivity index (χ0) is 19.1. The Hall–Kier alpha value is -3.13. The highest BCUT2D eigenvalue weighted by molar-refractivity contribution is 5.91. The number of aliphatic hydroxyl groups is 1. The number of aliphatic hydroxyl groups excluding tert-OH is 1. The molecule has 0 amide bonds. The van der Waals surface area contributed by atoms with E-state index in [1.807, 2.05) is 34.8 Å². The molecule has 0 saturated heterocycles. The number of H-pyrrole nitrogens is 1. The number of benzene rings is 1. The van der Waals surface area contributed by atoms with Gasteiger partial charge in [0, 0.05) is 16.8 Å². The molecule has 1 fully saturated rings. The third-order valence-corrected chi connectivity index (χ3v) is 5.60. The van der Waals surface area contributed by atoms with Gasteiger partial charge in [-0.15, -0.1) is 5.10 Å². The molecule has 3 heterocycles. The van der Waals surface area contributed by atoms with Crippen LogP contribution in [0.2, 0.25) is 0 Å². The summed E-state index contributed by atoms with van der Waals surface area (Å²) in [6.07, 6.45) is 4.73. The Labute approximate surface area is 161 Å². The largest absolute Gasteiger partial charge is 0.393 e. The van der Waals surface area contributed by atoms with E-state index in [1.165, 1.54) is 0 Å². The van der Waals surface area contributed by atoms with Crippen LogP contribution in [0.3, 0.4) is 0 Å². The van der Waals surface area contributed by atoms with Crippen molar-refractivity contribution >= 4 is 34.0 Å².